The van der Waals surface area contributed by atoms with E-state index in [1.807, 2.05) is 36.5 Å². The zero-order valence-corrected chi connectivity index (χ0v) is 16.9. The maximum atomic E-state index is 12.4. The molecule has 144 valence electrons. The number of carbonyl (C=O) groups excluding carboxylic acids is 2. The minimum absolute atomic E-state index is 0.0138. The van der Waals surface area contributed by atoms with Crippen molar-refractivity contribution in [1.29, 1.82) is 0 Å². The summed E-state index contributed by atoms with van der Waals surface area (Å²) in [6.07, 6.45) is 3.64. The molecule has 0 spiro atoms. The molecule has 28 heavy (non-hydrogen) atoms. The van der Waals surface area contributed by atoms with Gasteiger partial charge in [-0.1, -0.05) is 28.1 Å². The normalized spacial score (nSPS) is 10.5. The van der Waals surface area contributed by atoms with Gasteiger partial charge in [0, 0.05) is 23.3 Å². The van der Waals surface area contributed by atoms with Gasteiger partial charge in [0.05, 0.1) is 24.8 Å². The summed E-state index contributed by atoms with van der Waals surface area (Å²) in [4.78, 5) is 24.4. The molecule has 1 heterocycles. The molecule has 0 fully saturated rings. The lowest BCUT2D eigenvalue weighted by Gasteiger charge is -2.09. The van der Waals surface area contributed by atoms with Crippen LogP contribution in [0.4, 0.5) is 0 Å². The molecule has 0 aliphatic heterocycles. The van der Waals surface area contributed by atoms with E-state index in [0.717, 1.165) is 15.7 Å². The number of benzene rings is 2. The van der Waals surface area contributed by atoms with Crippen LogP contribution in [0.25, 0.3) is 5.69 Å². The number of carbonyl (C=O) groups is 2. The quantitative estimate of drug-likeness (QED) is 0.383. The second-order valence-electron chi connectivity index (χ2n) is 6.05. The van der Waals surface area contributed by atoms with Crippen LogP contribution >= 0.6 is 15.9 Å². The first-order valence-electron chi connectivity index (χ1n) is 8.68. The Morgan fingerprint density at radius 1 is 1.11 bits per heavy atom. The highest BCUT2D eigenvalue weighted by molar-refractivity contribution is 9.10. The Kier molecular flexibility index (Phi) is 6.60. The van der Waals surface area contributed by atoms with Crippen LogP contribution in [0.5, 0.6) is 5.75 Å². The van der Waals surface area contributed by atoms with Crippen molar-refractivity contribution in [2.45, 2.75) is 19.4 Å². The molecule has 0 aliphatic rings. The molecule has 0 unspecified atom stereocenters. The number of hydrogen-bond donors (Lipinski definition) is 0. The smallest absolute Gasteiger partial charge is 0.306 e. The molecule has 1 aromatic heterocycles. The molecule has 0 saturated carbocycles. The predicted molar refractivity (Wildman–Crippen MR) is 108 cm³/mol. The first-order valence-corrected chi connectivity index (χ1v) is 9.47. The summed E-state index contributed by atoms with van der Waals surface area (Å²) in [7, 11) is 1.51. The van der Waals surface area contributed by atoms with E-state index in [-0.39, 0.29) is 25.2 Å². The molecule has 0 atom stereocenters. The highest BCUT2D eigenvalue weighted by Gasteiger charge is 2.15. The minimum atomic E-state index is -0.418. The zero-order chi connectivity index (χ0) is 19.9. The van der Waals surface area contributed by atoms with Gasteiger partial charge in [0.25, 0.3) is 0 Å². The number of nitrogens with zero attached hydrogens (tertiary/aromatic N) is 2. The number of methoxy groups -OCH3 is 1. The van der Waals surface area contributed by atoms with Crippen LogP contribution in [-0.2, 0) is 16.1 Å². The van der Waals surface area contributed by atoms with Crippen molar-refractivity contribution in [1.82, 2.24) is 9.78 Å². The monoisotopic (exact) mass is 442 g/mol. The fraction of sp³-hybridized carbons (Fsp3) is 0.190. The van der Waals surface area contributed by atoms with E-state index >= 15 is 0 Å². The Morgan fingerprint density at radius 2 is 1.89 bits per heavy atom. The van der Waals surface area contributed by atoms with E-state index in [1.54, 1.807) is 29.1 Å². The largest absolute Gasteiger partial charge is 0.496 e. The summed E-state index contributed by atoms with van der Waals surface area (Å²) >= 11 is 3.34. The van der Waals surface area contributed by atoms with Gasteiger partial charge in [-0.25, -0.2) is 4.68 Å². The van der Waals surface area contributed by atoms with E-state index in [9.17, 15) is 9.59 Å². The fourth-order valence-electron chi connectivity index (χ4n) is 2.65. The number of ether oxygens (including phenoxy) is 2. The second-order valence-corrected chi connectivity index (χ2v) is 6.96. The highest BCUT2D eigenvalue weighted by atomic mass is 79.9. The van der Waals surface area contributed by atoms with Gasteiger partial charge in [-0.3, -0.25) is 9.59 Å². The first kappa shape index (κ1) is 19.8. The minimum Gasteiger partial charge on any atom is -0.496 e. The van der Waals surface area contributed by atoms with Crippen molar-refractivity contribution in [3.05, 3.63) is 76.5 Å². The Bertz CT molecular complexity index is 953. The zero-order valence-electron chi connectivity index (χ0n) is 15.3. The van der Waals surface area contributed by atoms with E-state index < -0.39 is 5.97 Å². The van der Waals surface area contributed by atoms with Gasteiger partial charge in [0.1, 0.15) is 12.4 Å². The van der Waals surface area contributed by atoms with Gasteiger partial charge >= 0.3 is 5.97 Å². The van der Waals surface area contributed by atoms with Crippen LogP contribution in [0.1, 0.15) is 28.8 Å². The molecule has 0 N–H and O–H groups in total. The van der Waals surface area contributed by atoms with Crippen molar-refractivity contribution < 1.29 is 19.1 Å². The average Bonchev–Trinajstić information content (AvgIpc) is 3.25. The maximum absolute atomic E-state index is 12.4. The maximum Gasteiger partial charge on any atom is 0.306 e. The van der Waals surface area contributed by atoms with E-state index in [2.05, 4.69) is 21.0 Å². The number of aromatic nitrogens is 2. The fourth-order valence-corrected chi connectivity index (χ4v) is 3.01. The van der Waals surface area contributed by atoms with Crippen molar-refractivity contribution >= 4 is 27.7 Å². The van der Waals surface area contributed by atoms with Crippen LogP contribution in [0.15, 0.2) is 65.4 Å². The summed E-state index contributed by atoms with van der Waals surface area (Å²) in [5, 5.41) is 4.16. The van der Waals surface area contributed by atoms with Crippen molar-refractivity contribution in [3.8, 4) is 11.4 Å². The summed E-state index contributed by atoms with van der Waals surface area (Å²) in [6, 6.07) is 14.6. The number of hydrogen-bond acceptors (Lipinski definition) is 5. The molecule has 3 rings (SSSR count). The predicted octanol–water partition coefficient (Wildman–Crippen LogP) is 4.35. The van der Waals surface area contributed by atoms with Gasteiger partial charge in [0.2, 0.25) is 0 Å². The standard InChI is InChI=1S/C21H19BrN2O4/c1-27-20-9-5-16(22)13-18(20)19(25)8-10-21(26)28-14-15-3-6-17(7-4-15)24-12-2-11-23-24/h2-7,9,11-13H,8,10,14H2,1H3. The van der Waals surface area contributed by atoms with Crippen molar-refractivity contribution in [2.24, 2.45) is 0 Å². The summed E-state index contributed by atoms with van der Waals surface area (Å²) in [6.45, 7) is 0.159. The molecule has 0 radical (unpaired) electrons. The molecular formula is C21H19BrN2O4. The van der Waals surface area contributed by atoms with Crippen LogP contribution < -0.4 is 4.74 Å². The summed E-state index contributed by atoms with van der Waals surface area (Å²) in [5.41, 5.74) is 2.23. The van der Waals surface area contributed by atoms with Crippen LogP contribution in [0.2, 0.25) is 0 Å². The molecule has 0 aliphatic carbocycles. The third kappa shape index (κ3) is 5.07. The molecule has 0 saturated heterocycles. The number of esters is 1. The second kappa shape index (κ2) is 9.32. The van der Waals surface area contributed by atoms with Crippen molar-refractivity contribution in [3.63, 3.8) is 0 Å². The SMILES string of the molecule is COc1ccc(Br)cc1C(=O)CCC(=O)OCc1ccc(-n2cccn2)cc1. The Labute approximate surface area is 171 Å². The number of Topliss-reactive ketones (excluding diaryl/α,β-unsaturated/α-hetero) is 1. The Balaban J connectivity index is 1.49. The third-order valence-electron chi connectivity index (χ3n) is 4.12. The van der Waals surface area contributed by atoms with Crippen LogP contribution in [0.3, 0.4) is 0 Å². The molecule has 2 aromatic carbocycles. The van der Waals surface area contributed by atoms with Gasteiger partial charge < -0.3 is 9.47 Å². The molecule has 3 aromatic rings. The highest BCUT2D eigenvalue weighted by Crippen LogP contribution is 2.24. The topological polar surface area (TPSA) is 70.4 Å². The number of rotatable bonds is 8. The Hall–Kier alpha value is -2.93. The third-order valence-corrected chi connectivity index (χ3v) is 4.62. The van der Waals surface area contributed by atoms with Gasteiger partial charge in [-0.15, -0.1) is 0 Å². The summed E-state index contributed by atoms with van der Waals surface area (Å²) in [5.74, 6) is -0.101. The lowest BCUT2D eigenvalue weighted by Crippen LogP contribution is -2.09. The summed E-state index contributed by atoms with van der Waals surface area (Å²) < 4.78 is 13.0. The molecule has 6 nitrogen and oxygen atoms in total. The number of halogens is 1. The van der Waals surface area contributed by atoms with E-state index in [0.29, 0.717) is 11.3 Å². The number of ketones is 1. The van der Waals surface area contributed by atoms with Gasteiger partial charge in [-0.05, 0) is 42.0 Å². The van der Waals surface area contributed by atoms with Gasteiger partial charge in [-0.2, -0.15) is 5.10 Å². The van der Waals surface area contributed by atoms with Crippen LogP contribution in [-0.4, -0.2) is 28.6 Å². The molecular weight excluding hydrogens is 424 g/mol. The van der Waals surface area contributed by atoms with Crippen molar-refractivity contribution in [2.75, 3.05) is 7.11 Å². The first-order chi connectivity index (χ1) is 13.6. The van der Waals surface area contributed by atoms with E-state index in [1.165, 1.54) is 7.11 Å². The lowest BCUT2D eigenvalue weighted by molar-refractivity contribution is -0.144. The molecule has 0 amide bonds. The average molecular weight is 443 g/mol. The molecule has 0 bridgehead atoms. The van der Waals surface area contributed by atoms with Gasteiger partial charge in [0.15, 0.2) is 5.78 Å². The van der Waals surface area contributed by atoms with E-state index in [4.69, 9.17) is 9.47 Å². The molecule has 7 heteroatoms. The Morgan fingerprint density at radius 3 is 2.57 bits per heavy atom. The lowest BCUT2D eigenvalue weighted by atomic mass is 10.1. The van der Waals surface area contributed by atoms with Crippen LogP contribution in [0, 0.1) is 0 Å².